The molecule has 1 amide bonds. The first-order chi connectivity index (χ1) is 9.79. The van der Waals surface area contributed by atoms with Crippen LogP contribution in [0.3, 0.4) is 0 Å². The lowest BCUT2D eigenvalue weighted by atomic mass is 9.82. The lowest BCUT2D eigenvalue weighted by Gasteiger charge is -2.60. The van der Waals surface area contributed by atoms with Crippen LogP contribution in [0, 0.1) is 5.92 Å². The minimum absolute atomic E-state index is 0.0551. The second-order valence-corrected chi connectivity index (χ2v) is 13.7. The summed E-state index contributed by atoms with van der Waals surface area (Å²) < 4.78 is 13.7. The van der Waals surface area contributed by atoms with Crippen molar-refractivity contribution in [1.29, 1.82) is 0 Å². The van der Waals surface area contributed by atoms with E-state index in [1.54, 1.807) is 6.92 Å². The van der Waals surface area contributed by atoms with Crippen molar-refractivity contribution in [2.75, 3.05) is 6.61 Å². The monoisotopic (exact) mass is 329 g/mol. The SMILES string of the molecule is C[C@@H](O)[C@H]1C(=O)N([Si](C)(C)C(C)(C)C)[C@@H]1[C@@H]1COC(C)(C)O1. The van der Waals surface area contributed by atoms with Crippen molar-refractivity contribution in [1.82, 2.24) is 4.57 Å². The maximum absolute atomic E-state index is 12.7. The van der Waals surface area contributed by atoms with Crippen molar-refractivity contribution >= 4 is 14.1 Å². The number of aliphatic hydroxyl groups is 1. The predicted octanol–water partition coefficient (Wildman–Crippen LogP) is 2.35. The zero-order chi connectivity index (χ0) is 17.1. The second kappa shape index (κ2) is 5.29. The molecule has 0 bridgehead atoms. The van der Waals surface area contributed by atoms with E-state index in [2.05, 4.69) is 33.9 Å². The van der Waals surface area contributed by atoms with Crippen molar-refractivity contribution in [3.05, 3.63) is 0 Å². The van der Waals surface area contributed by atoms with E-state index in [4.69, 9.17) is 9.47 Å². The maximum Gasteiger partial charge on any atom is 0.222 e. The van der Waals surface area contributed by atoms with Crippen molar-refractivity contribution in [2.45, 2.75) is 83.7 Å². The Bertz CT molecular complexity index is 456. The van der Waals surface area contributed by atoms with E-state index in [0.717, 1.165) is 0 Å². The number of ether oxygens (including phenoxy) is 2. The molecule has 2 heterocycles. The number of amides is 1. The van der Waals surface area contributed by atoms with Crippen LogP contribution in [-0.4, -0.2) is 54.5 Å². The van der Waals surface area contributed by atoms with E-state index in [1.165, 1.54) is 0 Å². The molecule has 2 aliphatic heterocycles. The standard InChI is InChI=1S/C16H31NO4Si/c1-10(18)12-13(11-9-20-16(5,6)21-11)17(14(12)19)22(7,8)15(2,3)4/h10-13,18H,9H2,1-8H3/t10-,11+,12-,13-/m1/s1. The largest absolute Gasteiger partial charge is 0.393 e. The highest BCUT2D eigenvalue weighted by Gasteiger charge is 2.62. The van der Waals surface area contributed by atoms with Gasteiger partial charge in [-0.1, -0.05) is 33.9 Å². The van der Waals surface area contributed by atoms with E-state index >= 15 is 0 Å². The third-order valence-corrected chi connectivity index (χ3v) is 11.0. The Labute approximate surface area is 135 Å². The van der Waals surface area contributed by atoms with Gasteiger partial charge in [-0.05, 0) is 25.8 Å². The van der Waals surface area contributed by atoms with Crippen LogP contribution in [0.15, 0.2) is 0 Å². The van der Waals surface area contributed by atoms with E-state index in [9.17, 15) is 9.90 Å². The van der Waals surface area contributed by atoms with Gasteiger partial charge in [0.25, 0.3) is 0 Å². The summed E-state index contributed by atoms with van der Waals surface area (Å²) in [5, 5.41) is 10.1. The molecule has 0 spiro atoms. The zero-order valence-corrected chi connectivity index (χ0v) is 16.1. The Morgan fingerprint density at radius 2 is 1.91 bits per heavy atom. The number of carbonyl (C=O) groups is 1. The van der Waals surface area contributed by atoms with Crippen LogP contribution >= 0.6 is 0 Å². The Morgan fingerprint density at radius 3 is 2.27 bits per heavy atom. The van der Waals surface area contributed by atoms with Crippen molar-refractivity contribution in [2.24, 2.45) is 5.92 Å². The minimum atomic E-state index is -2.01. The number of carbonyl (C=O) groups excluding carboxylic acids is 1. The molecular formula is C16H31NO4Si. The van der Waals surface area contributed by atoms with Crippen LogP contribution in [0.2, 0.25) is 18.1 Å². The van der Waals surface area contributed by atoms with Crippen molar-refractivity contribution in [3.63, 3.8) is 0 Å². The highest BCUT2D eigenvalue weighted by molar-refractivity contribution is 6.80. The van der Waals surface area contributed by atoms with Crippen LogP contribution in [-0.2, 0) is 14.3 Å². The average molecular weight is 330 g/mol. The average Bonchev–Trinajstić information content (AvgIpc) is 2.63. The molecule has 2 aliphatic rings. The fraction of sp³-hybridized carbons (Fsp3) is 0.938. The Morgan fingerprint density at radius 1 is 1.36 bits per heavy atom. The predicted molar refractivity (Wildman–Crippen MR) is 87.9 cm³/mol. The van der Waals surface area contributed by atoms with Crippen molar-refractivity contribution in [3.8, 4) is 0 Å². The lowest BCUT2D eigenvalue weighted by molar-refractivity contribution is -0.177. The fourth-order valence-corrected chi connectivity index (χ4v) is 5.81. The van der Waals surface area contributed by atoms with Gasteiger partial charge in [0.05, 0.1) is 24.7 Å². The molecule has 2 saturated heterocycles. The Balaban J connectivity index is 2.31. The molecule has 2 fully saturated rings. The van der Waals surface area contributed by atoms with Gasteiger partial charge in [0.15, 0.2) is 14.0 Å². The molecule has 128 valence electrons. The van der Waals surface area contributed by atoms with Gasteiger partial charge in [-0.25, -0.2) is 0 Å². The Hall–Kier alpha value is -0.433. The van der Waals surface area contributed by atoms with E-state index in [0.29, 0.717) is 6.61 Å². The van der Waals surface area contributed by atoms with Gasteiger partial charge < -0.3 is 19.1 Å². The van der Waals surface area contributed by atoms with Gasteiger partial charge >= 0.3 is 0 Å². The van der Waals surface area contributed by atoms with Crippen molar-refractivity contribution < 1.29 is 19.4 Å². The van der Waals surface area contributed by atoms with Crippen LogP contribution in [0.5, 0.6) is 0 Å². The normalized spacial score (nSPS) is 33.8. The zero-order valence-electron chi connectivity index (χ0n) is 15.1. The third kappa shape index (κ3) is 2.75. The first-order valence-electron chi connectivity index (χ1n) is 8.12. The Kier molecular flexibility index (Phi) is 4.31. The highest BCUT2D eigenvalue weighted by atomic mass is 28.3. The summed E-state index contributed by atoms with van der Waals surface area (Å²) in [7, 11) is -2.01. The van der Waals surface area contributed by atoms with E-state index in [-0.39, 0.29) is 29.0 Å². The molecule has 5 nitrogen and oxygen atoms in total. The summed E-state index contributed by atoms with van der Waals surface area (Å²) in [6, 6.07) is -0.0878. The second-order valence-electron chi connectivity index (χ2n) is 8.64. The molecule has 0 radical (unpaired) electrons. The summed E-state index contributed by atoms with van der Waals surface area (Å²) in [5.41, 5.74) is 0. The number of hydrogen-bond donors (Lipinski definition) is 1. The number of hydrogen-bond acceptors (Lipinski definition) is 4. The third-order valence-electron chi connectivity index (χ3n) is 5.56. The smallest absolute Gasteiger partial charge is 0.222 e. The molecule has 0 aromatic rings. The van der Waals surface area contributed by atoms with Crippen LogP contribution in [0.25, 0.3) is 0 Å². The first kappa shape index (κ1) is 17.9. The maximum atomic E-state index is 12.7. The number of nitrogens with zero attached hydrogens (tertiary/aromatic N) is 1. The molecule has 0 aromatic carbocycles. The van der Waals surface area contributed by atoms with Crippen LogP contribution < -0.4 is 0 Å². The first-order valence-corrected chi connectivity index (χ1v) is 11.1. The number of β-lactam (4-membered cyclic amide) rings is 1. The topological polar surface area (TPSA) is 59.0 Å². The fourth-order valence-electron chi connectivity index (χ4n) is 3.31. The van der Waals surface area contributed by atoms with Gasteiger partial charge in [-0.3, -0.25) is 4.79 Å². The van der Waals surface area contributed by atoms with Gasteiger partial charge in [0, 0.05) is 0 Å². The quantitative estimate of drug-likeness (QED) is 0.638. The minimum Gasteiger partial charge on any atom is -0.393 e. The summed E-state index contributed by atoms with van der Waals surface area (Å²) in [6.45, 7) is 17.0. The van der Waals surface area contributed by atoms with E-state index in [1.807, 2.05) is 18.4 Å². The summed E-state index contributed by atoms with van der Waals surface area (Å²) in [4.78, 5) is 12.7. The van der Waals surface area contributed by atoms with Gasteiger partial charge in [0.2, 0.25) is 5.91 Å². The molecule has 22 heavy (non-hydrogen) atoms. The molecule has 0 aromatic heterocycles. The highest BCUT2D eigenvalue weighted by Crippen LogP contribution is 2.47. The van der Waals surface area contributed by atoms with Crippen LogP contribution in [0.1, 0.15) is 41.5 Å². The molecule has 4 atom stereocenters. The summed E-state index contributed by atoms with van der Waals surface area (Å²) in [6.07, 6.45) is -0.827. The molecule has 0 saturated carbocycles. The van der Waals surface area contributed by atoms with Gasteiger partial charge in [0.1, 0.15) is 6.10 Å². The number of rotatable bonds is 3. The molecule has 6 heteroatoms. The van der Waals surface area contributed by atoms with Gasteiger partial charge in [-0.15, -0.1) is 0 Å². The molecule has 2 rings (SSSR count). The van der Waals surface area contributed by atoms with E-state index < -0.39 is 20.1 Å². The number of aliphatic hydroxyl groups excluding tert-OH is 1. The molecule has 1 N–H and O–H groups in total. The summed E-state index contributed by atoms with van der Waals surface area (Å²) in [5.74, 6) is -0.928. The lowest BCUT2D eigenvalue weighted by Crippen LogP contribution is -2.77. The summed E-state index contributed by atoms with van der Waals surface area (Å²) >= 11 is 0. The molecular weight excluding hydrogens is 298 g/mol. The van der Waals surface area contributed by atoms with Crippen LogP contribution in [0.4, 0.5) is 0 Å². The molecule has 0 unspecified atom stereocenters. The van der Waals surface area contributed by atoms with Gasteiger partial charge in [-0.2, -0.15) is 0 Å². The molecule has 0 aliphatic carbocycles.